The highest BCUT2D eigenvalue weighted by atomic mass is 35.5. The number of ether oxygens (including phenoxy) is 4. The molecule has 19 heteroatoms. The Morgan fingerprint density at radius 1 is 0.574 bits per heavy atom. The molecule has 3 fully saturated rings. The van der Waals surface area contributed by atoms with Gasteiger partial charge >= 0.3 is 5.97 Å². The third kappa shape index (κ3) is 19.4. The maximum atomic E-state index is 12.3. The van der Waals surface area contributed by atoms with Crippen molar-refractivity contribution in [3.63, 3.8) is 0 Å². The van der Waals surface area contributed by atoms with Crippen molar-refractivity contribution in [1.29, 1.82) is 0 Å². The molecule has 0 bridgehead atoms. The number of Topliss-reactive ketones (excluding diaryl/α,β-unsaturated/α-hetero) is 1. The summed E-state index contributed by atoms with van der Waals surface area (Å²) in [5.41, 5.74) is 10.5. The molecule has 0 spiro atoms. The van der Waals surface area contributed by atoms with E-state index >= 15 is 0 Å². The average Bonchev–Trinajstić information content (AvgIpc) is 3.87. The van der Waals surface area contributed by atoms with Gasteiger partial charge in [-0.3, -0.25) is 43.4 Å². The van der Waals surface area contributed by atoms with E-state index in [1.807, 2.05) is 0 Å². The Balaban J connectivity index is 0.000000341. The summed E-state index contributed by atoms with van der Waals surface area (Å²) in [4.78, 5) is 101. The molecule has 3 aliphatic heterocycles. The number of ketones is 1. The molecule has 2 saturated carbocycles. The zero-order valence-electron chi connectivity index (χ0n) is 35.5. The second kappa shape index (κ2) is 30.2. The van der Waals surface area contributed by atoms with Crippen LogP contribution in [0.5, 0.6) is 0 Å². The Bertz CT molecular complexity index is 1440. The summed E-state index contributed by atoms with van der Waals surface area (Å²) >= 11 is 0. The number of halogens is 1. The van der Waals surface area contributed by atoms with Gasteiger partial charge in [0.1, 0.15) is 5.78 Å². The molecule has 0 radical (unpaired) electrons. The van der Waals surface area contributed by atoms with Gasteiger partial charge in [-0.15, -0.1) is 17.5 Å². The van der Waals surface area contributed by atoms with Crippen LogP contribution in [0.1, 0.15) is 90.4 Å². The van der Waals surface area contributed by atoms with Gasteiger partial charge in [0.25, 0.3) is 35.4 Å². The van der Waals surface area contributed by atoms with E-state index in [1.165, 1.54) is 34.1 Å². The second-order valence-corrected chi connectivity index (χ2v) is 15.3. The third-order valence-electron chi connectivity index (χ3n) is 10.7. The van der Waals surface area contributed by atoms with Crippen LogP contribution in [-0.4, -0.2) is 141 Å². The fraction of sp³-hybridized carbons (Fsp3) is 0.714. The van der Waals surface area contributed by atoms with Crippen LogP contribution >= 0.6 is 12.4 Å². The first kappa shape index (κ1) is 53.2. The standard InChI is InChI=1S/C19H30N2O5.C16H18N2O6.C7H17NO2.ClH/c20-9-11-26-13-12-25-10-1-2-17(22)16-5-3-15(4-6-16)14-21-18(23)7-8-19(21)24;19-12-5-6-13(20)17(12)9-10-1-3-11(4-2-10)16(23)24-18-14(21)7-8-15(18)22;1-2-4-9-6-7-10-5-3-8;/h7-8,15-16H,1-6,9-14,20H2;5-6,10-11H,1-4,7-9H2;2-8H2,1H3;1H. The monoisotopic (exact) mass is 883 g/mol. The van der Waals surface area contributed by atoms with Crippen LogP contribution in [0.4, 0.5) is 0 Å². The summed E-state index contributed by atoms with van der Waals surface area (Å²) in [6, 6.07) is 0. The van der Waals surface area contributed by atoms with E-state index in [0.29, 0.717) is 121 Å². The lowest BCUT2D eigenvalue weighted by Crippen LogP contribution is -2.38. The van der Waals surface area contributed by atoms with Gasteiger partial charge in [-0.1, -0.05) is 6.92 Å². The Labute approximate surface area is 364 Å². The normalized spacial score (nSPS) is 22.2. The Morgan fingerprint density at radius 3 is 1.38 bits per heavy atom. The molecular weight excluding hydrogens is 818 g/mol. The largest absolute Gasteiger partial charge is 0.379 e. The molecule has 0 atom stereocenters. The molecule has 0 aromatic carbocycles. The highest BCUT2D eigenvalue weighted by Gasteiger charge is 2.37. The lowest BCUT2D eigenvalue weighted by Gasteiger charge is -2.30. The van der Waals surface area contributed by atoms with Crippen molar-refractivity contribution in [2.45, 2.75) is 90.4 Å². The predicted octanol–water partition coefficient (Wildman–Crippen LogP) is 2.19. The van der Waals surface area contributed by atoms with Crippen LogP contribution in [-0.2, 0) is 62.1 Å². The summed E-state index contributed by atoms with van der Waals surface area (Å²) in [6.45, 7) is 9.01. The lowest BCUT2D eigenvalue weighted by molar-refractivity contribution is -0.201. The van der Waals surface area contributed by atoms with E-state index in [0.717, 1.165) is 45.1 Å². The number of imide groups is 3. The topological polar surface area (TPSA) is 244 Å². The first-order chi connectivity index (χ1) is 29.0. The molecule has 61 heavy (non-hydrogen) atoms. The SMILES string of the molecule is CCCOCCOCCN.Cl.NCCOCCOCCCC(=O)C1CCC(CN2C(=O)C=CC2=O)CC1.O=C(ON1C(=O)CCC1=O)C1CCC(CN2C(=O)C=CC2=O)CC1. The van der Waals surface area contributed by atoms with Crippen molar-refractivity contribution < 1.29 is 62.1 Å². The van der Waals surface area contributed by atoms with Gasteiger partial charge in [0.05, 0.1) is 45.6 Å². The van der Waals surface area contributed by atoms with E-state index in [-0.39, 0.29) is 66.6 Å². The van der Waals surface area contributed by atoms with Crippen molar-refractivity contribution in [2.75, 3.05) is 79.0 Å². The average molecular weight is 884 g/mol. The molecule has 5 aliphatic rings. The first-order valence-corrected chi connectivity index (χ1v) is 21.4. The van der Waals surface area contributed by atoms with Gasteiger partial charge < -0.3 is 35.3 Å². The highest BCUT2D eigenvalue weighted by Crippen LogP contribution is 2.32. The molecule has 344 valence electrons. The summed E-state index contributed by atoms with van der Waals surface area (Å²) in [5.74, 6) is -2.06. The number of hydroxylamine groups is 2. The molecule has 0 aromatic rings. The molecule has 6 amide bonds. The van der Waals surface area contributed by atoms with Gasteiger partial charge in [0, 0.05) is 88.9 Å². The number of hydrogen-bond donors (Lipinski definition) is 2. The number of carbonyl (C=O) groups is 8. The van der Waals surface area contributed by atoms with Crippen molar-refractivity contribution in [2.24, 2.45) is 35.1 Å². The van der Waals surface area contributed by atoms with Crippen molar-refractivity contribution in [3.05, 3.63) is 24.3 Å². The maximum Gasteiger partial charge on any atom is 0.336 e. The van der Waals surface area contributed by atoms with Crippen LogP contribution in [0, 0.1) is 23.7 Å². The zero-order valence-corrected chi connectivity index (χ0v) is 36.3. The number of hydrogen-bond acceptors (Lipinski definition) is 15. The van der Waals surface area contributed by atoms with E-state index in [9.17, 15) is 38.4 Å². The van der Waals surface area contributed by atoms with Crippen LogP contribution in [0.25, 0.3) is 0 Å². The van der Waals surface area contributed by atoms with Crippen molar-refractivity contribution in [1.82, 2.24) is 14.9 Å². The number of amides is 6. The number of nitrogens with zero attached hydrogens (tertiary/aromatic N) is 3. The minimum absolute atomic E-state index is 0. The van der Waals surface area contributed by atoms with Crippen molar-refractivity contribution in [3.8, 4) is 0 Å². The van der Waals surface area contributed by atoms with E-state index in [2.05, 4.69) is 6.92 Å². The Morgan fingerprint density at radius 2 is 0.967 bits per heavy atom. The van der Waals surface area contributed by atoms with Crippen LogP contribution in [0.2, 0.25) is 0 Å². The van der Waals surface area contributed by atoms with Gasteiger partial charge in [-0.05, 0) is 76.0 Å². The summed E-state index contributed by atoms with van der Waals surface area (Å²) < 4.78 is 20.9. The molecule has 0 aromatic heterocycles. The fourth-order valence-corrected chi connectivity index (χ4v) is 7.32. The minimum Gasteiger partial charge on any atom is -0.379 e. The fourth-order valence-electron chi connectivity index (χ4n) is 7.32. The number of nitrogens with two attached hydrogens (primary N) is 2. The lowest BCUT2D eigenvalue weighted by atomic mass is 9.79. The maximum absolute atomic E-state index is 12.3. The third-order valence-corrected chi connectivity index (χ3v) is 10.7. The van der Waals surface area contributed by atoms with E-state index in [1.54, 1.807) is 0 Å². The first-order valence-electron chi connectivity index (χ1n) is 21.4. The van der Waals surface area contributed by atoms with Gasteiger partial charge in [-0.2, -0.15) is 0 Å². The predicted molar refractivity (Wildman–Crippen MR) is 223 cm³/mol. The van der Waals surface area contributed by atoms with Gasteiger partial charge in [-0.25, -0.2) is 4.79 Å². The molecule has 5 rings (SSSR count). The summed E-state index contributed by atoms with van der Waals surface area (Å²) in [6.07, 6.45) is 13.6. The zero-order chi connectivity index (χ0) is 43.7. The molecular formula is C42H66ClN5O13. The highest BCUT2D eigenvalue weighted by molar-refractivity contribution is 6.13. The quantitative estimate of drug-likeness (QED) is 0.110. The van der Waals surface area contributed by atoms with Gasteiger partial charge in [0.15, 0.2) is 0 Å². The smallest absolute Gasteiger partial charge is 0.336 e. The molecule has 18 nitrogen and oxygen atoms in total. The number of carbonyl (C=O) groups excluding carboxylic acids is 8. The Hall–Kier alpha value is -3.91. The molecule has 0 unspecified atom stereocenters. The van der Waals surface area contributed by atoms with Crippen LogP contribution in [0.15, 0.2) is 24.3 Å². The van der Waals surface area contributed by atoms with E-state index < -0.39 is 17.8 Å². The van der Waals surface area contributed by atoms with Gasteiger partial charge in [0.2, 0.25) is 0 Å². The minimum atomic E-state index is -0.563. The molecule has 3 heterocycles. The van der Waals surface area contributed by atoms with Crippen LogP contribution in [0.3, 0.4) is 0 Å². The second-order valence-electron chi connectivity index (χ2n) is 15.3. The van der Waals surface area contributed by atoms with Crippen LogP contribution < -0.4 is 11.5 Å². The Kier molecular flexibility index (Phi) is 26.3. The molecule has 1 saturated heterocycles. The summed E-state index contributed by atoms with van der Waals surface area (Å²) in [5, 5.41) is 0.571. The molecule has 2 aliphatic carbocycles. The van der Waals surface area contributed by atoms with Crippen molar-refractivity contribution >= 4 is 59.6 Å². The number of rotatable bonds is 23. The molecule has 4 N–H and O–H groups in total. The summed E-state index contributed by atoms with van der Waals surface area (Å²) in [7, 11) is 0. The van der Waals surface area contributed by atoms with E-state index in [4.69, 9.17) is 35.3 Å².